The lowest BCUT2D eigenvalue weighted by Gasteiger charge is -2.10. The third-order valence-corrected chi connectivity index (χ3v) is 7.66. The van der Waals surface area contributed by atoms with E-state index in [-0.39, 0.29) is 5.91 Å². The smallest absolute Gasteiger partial charge is 0.248 e. The van der Waals surface area contributed by atoms with Gasteiger partial charge in [0.15, 0.2) is 0 Å². The van der Waals surface area contributed by atoms with E-state index in [1.165, 1.54) is 12.1 Å². The van der Waals surface area contributed by atoms with Gasteiger partial charge in [0.1, 0.15) is 18.2 Å². The third-order valence-electron chi connectivity index (χ3n) is 6.29. The van der Waals surface area contributed by atoms with Crippen molar-refractivity contribution in [3.05, 3.63) is 102 Å². The van der Waals surface area contributed by atoms with Crippen molar-refractivity contribution in [2.45, 2.75) is 37.3 Å². The zero-order valence-electron chi connectivity index (χ0n) is 23.2. The molecule has 0 fully saturated rings. The number of allylic oxidation sites excluding steroid dienone is 1. The number of hydrogen-bond acceptors (Lipinski definition) is 5. The van der Waals surface area contributed by atoms with Crippen molar-refractivity contribution in [1.82, 2.24) is 9.97 Å². The molecule has 0 saturated heterocycles. The third kappa shape index (κ3) is 8.96. The van der Waals surface area contributed by atoms with Gasteiger partial charge in [0.2, 0.25) is 5.91 Å². The van der Waals surface area contributed by atoms with Gasteiger partial charge in [0, 0.05) is 40.7 Å². The second-order valence-corrected chi connectivity index (χ2v) is 10.9. The minimum Gasteiger partial charge on any atom is -0.491 e. The highest BCUT2D eigenvalue weighted by Gasteiger charge is 2.11. The Morgan fingerprint density at radius 2 is 1.78 bits per heavy atom. The quantitative estimate of drug-likeness (QED) is 0.128. The molecule has 0 saturated carbocycles. The number of ether oxygens (including phenoxy) is 2. The molecule has 3 aromatic carbocycles. The van der Waals surface area contributed by atoms with E-state index in [9.17, 15) is 13.4 Å². The van der Waals surface area contributed by atoms with Gasteiger partial charge in [-0.3, -0.25) is 9.00 Å². The van der Waals surface area contributed by atoms with Crippen LogP contribution in [0.15, 0.2) is 90.2 Å². The van der Waals surface area contributed by atoms with Crippen LogP contribution in [0.5, 0.6) is 5.75 Å². The number of nitrogens with zero attached hydrogens (tertiary/aromatic N) is 1. The Hall–Kier alpha value is -4.08. The van der Waals surface area contributed by atoms with Gasteiger partial charge in [-0.1, -0.05) is 31.5 Å². The number of unbranched alkanes of at least 4 members (excludes halogenated alkanes) is 1. The van der Waals surface area contributed by atoms with Crippen LogP contribution in [0.25, 0.3) is 16.7 Å². The van der Waals surface area contributed by atoms with Gasteiger partial charge in [-0.2, -0.15) is 0 Å². The number of anilines is 1. The number of aromatic nitrogens is 2. The number of imidazole rings is 1. The van der Waals surface area contributed by atoms with Crippen molar-refractivity contribution >= 4 is 28.0 Å². The molecule has 1 atom stereocenters. The Kier molecular flexibility index (Phi) is 11.0. The zero-order chi connectivity index (χ0) is 29.0. The molecule has 0 aliphatic rings. The van der Waals surface area contributed by atoms with Crippen LogP contribution in [0, 0.1) is 5.82 Å². The minimum absolute atomic E-state index is 0.324. The fourth-order valence-electron chi connectivity index (χ4n) is 4.05. The van der Waals surface area contributed by atoms with Gasteiger partial charge in [0.05, 0.1) is 29.5 Å². The van der Waals surface area contributed by atoms with E-state index in [4.69, 9.17) is 9.47 Å². The number of nitrogens with one attached hydrogen (secondary N) is 2. The van der Waals surface area contributed by atoms with E-state index >= 15 is 0 Å². The lowest BCUT2D eigenvalue weighted by atomic mass is 9.99. The van der Waals surface area contributed by atoms with Gasteiger partial charge in [-0.05, 0) is 78.6 Å². The van der Waals surface area contributed by atoms with Crippen LogP contribution < -0.4 is 10.1 Å². The van der Waals surface area contributed by atoms with Gasteiger partial charge >= 0.3 is 0 Å². The molecular weight excluding hydrogens is 541 g/mol. The number of carbonyl (C=O) groups is 1. The van der Waals surface area contributed by atoms with Gasteiger partial charge in [0.25, 0.3) is 0 Å². The number of benzene rings is 3. The van der Waals surface area contributed by atoms with E-state index in [0.29, 0.717) is 40.7 Å². The summed E-state index contributed by atoms with van der Waals surface area (Å²) in [6.07, 6.45) is 6.69. The molecule has 0 unspecified atom stereocenters. The van der Waals surface area contributed by atoms with Crippen LogP contribution in [0.3, 0.4) is 0 Å². The van der Waals surface area contributed by atoms with Crippen molar-refractivity contribution in [1.29, 1.82) is 0 Å². The summed E-state index contributed by atoms with van der Waals surface area (Å²) in [7, 11) is -1.24. The first-order chi connectivity index (χ1) is 19.9. The molecule has 9 heteroatoms. The maximum absolute atomic E-state index is 14.7. The van der Waals surface area contributed by atoms with Crippen molar-refractivity contribution < 1.29 is 22.9 Å². The molecule has 1 heterocycles. The lowest BCUT2D eigenvalue weighted by molar-refractivity contribution is -0.111. The number of halogens is 1. The summed E-state index contributed by atoms with van der Waals surface area (Å²) in [5.74, 6) is 0.256. The number of rotatable bonds is 14. The summed E-state index contributed by atoms with van der Waals surface area (Å²) >= 11 is 0. The number of H-pyrrole nitrogens is 1. The molecule has 0 spiro atoms. The summed E-state index contributed by atoms with van der Waals surface area (Å²) < 4.78 is 38.5. The molecule has 7 nitrogen and oxygen atoms in total. The van der Waals surface area contributed by atoms with Gasteiger partial charge < -0.3 is 19.8 Å². The summed E-state index contributed by atoms with van der Waals surface area (Å²) in [6, 6.07) is 19.2. The fraction of sp³-hybridized carbons (Fsp3) is 0.250. The molecule has 1 aromatic heterocycles. The minimum atomic E-state index is -1.24. The standard InChI is InChI=1S/C32H34FN3O4S/c1-3-4-15-39-16-17-40-28-10-5-24(6-11-28)25-7-14-31(33)30(19-25)23(2)18-32(37)36-26-8-12-29(13-9-26)41(38)21-27-20-34-22-35-27/h5-14,18-20,22H,3-4,15-17,21H2,1-2H3,(H,34,35)(H,36,37)/b23-18+/t41-/m1/s1. The first kappa shape index (κ1) is 29.9. The highest BCUT2D eigenvalue weighted by atomic mass is 32.2. The molecule has 4 rings (SSSR count). The second kappa shape index (κ2) is 15.1. The van der Waals surface area contributed by atoms with Crippen LogP contribution in [-0.4, -0.2) is 39.9 Å². The molecule has 0 aliphatic heterocycles. The molecule has 2 N–H and O–H groups in total. The van der Waals surface area contributed by atoms with Crippen molar-refractivity contribution in [3.8, 4) is 16.9 Å². The number of amides is 1. The fourth-order valence-corrected chi connectivity index (χ4v) is 5.10. The predicted molar refractivity (Wildman–Crippen MR) is 160 cm³/mol. The SMILES string of the molecule is CCCCOCCOc1ccc(-c2ccc(F)c(/C(C)=C/C(=O)Nc3ccc([S@](=O)Cc4cnc[nH]4)cc3)c2)cc1. The van der Waals surface area contributed by atoms with E-state index < -0.39 is 16.6 Å². The Bertz CT molecular complexity index is 1470. The van der Waals surface area contributed by atoms with Crippen LogP contribution >= 0.6 is 0 Å². The molecule has 41 heavy (non-hydrogen) atoms. The second-order valence-electron chi connectivity index (χ2n) is 9.44. The molecule has 214 valence electrons. The van der Waals surface area contributed by atoms with Crippen molar-refractivity contribution in [3.63, 3.8) is 0 Å². The first-order valence-electron chi connectivity index (χ1n) is 13.5. The Morgan fingerprint density at radius 1 is 1.02 bits per heavy atom. The lowest BCUT2D eigenvalue weighted by Crippen LogP contribution is -2.09. The summed E-state index contributed by atoms with van der Waals surface area (Å²) in [4.78, 5) is 20.2. The van der Waals surface area contributed by atoms with Gasteiger partial charge in [-0.15, -0.1) is 0 Å². The van der Waals surface area contributed by atoms with E-state index in [1.807, 2.05) is 24.3 Å². The highest BCUT2D eigenvalue weighted by Crippen LogP contribution is 2.28. The Labute approximate surface area is 242 Å². The average molecular weight is 576 g/mol. The number of hydrogen-bond donors (Lipinski definition) is 2. The Balaban J connectivity index is 1.35. The molecule has 1 amide bonds. The van der Waals surface area contributed by atoms with Crippen LogP contribution in [0.1, 0.15) is 37.9 Å². The monoisotopic (exact) mass is 575 g/mol. The van der Waals surface area contributed by atoms with Gasteiger partial charge in [-0.25, -0.2) is 9.37 Å². The zero-order valence-corrected chi connectivity index (χ0v) is 24.0. The maximum atomic E-state index is 14.7. The van der Waals surface area contributed by atoms with Crippen LogP contribution in [0.4, 0.5) is 10.1 Å². The van der Waals surface area contributed by atoms with Crippen molar-refractivity contribution in [2.24, 2.45) is 0 Å². The maximum Gasteiger partial charge on any atom is 0.248 e. The molecule has 0 bridgehead atoms. The summed E-state index contributed by atoms with van der Waals surface area (Å²) in [5, 5.41) is 2.78. The van der Waals surface area contributed by atoms with E-state index in [1.54, 1.807) is 55.8 Å². The predicted octanol–water partition coefficient (Wildman–Crippen LogP) is 6.76. The Morgan fingerprint density at radius 3 is 2.49 bits per heavy atom. The highest BCUT2D eigenvalue weighted by molar-refractivity contribution is 7.84. The largest absolute Gasteiger partial charge is 0.491 e. The molecule has 4 aromatic rings. The van der Waals surface area contributed by atoms with Crippen LogP contribution in [0.2, 0.25) is 0 Å². The number of carbonyl (C=O) groups excluding carboxylic acids is 1. The van der Waals surface area contributed by atoms with E-state index in [0.717, 1.165) is 42.0 Å². The molecular formula is C32H34FN3O4S. The average Bonchev–Trinajstić information content (AvgIpc) is 3.49. The normalized spacial score (nSPS) is 12.2. The molecule has 0 radical (unpaired) electrons. The number of aromatic amines is 1. The van der Waals surface area contributed by atoms with E-state index in [2.05, 4.69) is 22.2 Å². The van der Waals surface area contributed by atoms with Crippen LogP contribution in [-0.2, 0) is 26.1 Å². The summed E-state index contributed by atoms with van der Waals surface area (Å²) in [6.45, 7) is 5.58. The first-order valence-corrected chi connectivity index (χ1v) is 14.8. The topological polar surface area (TPSA) is 93.3 Å². The van der Waals surface area contributed by atoms with Crippen molar-refractivity contribution in [2.75, 3.05) is 25.1 Å². The molecule has 0 aliphatic carbocycles. The summed E-state index contributed by atoms with van der Waals surface area (Å²) in [5.41, 5.74) is 3.88.